The summed E-state index contributed by atoms with van der Waals surface area (Å²) < 4.78 is 0. The molecule has 0 aromatic heterocycles. The van der Waals surface area contributed by atoms with Gasteiger partial charge < -0.3 is 0 Å². The van der Waals surface area contributed by atoms with Crippen molar-refractivity contribution in [3.05, 3.63) is 0 Å². The second-order valence-electron chi connectivity index (χ2n) is 6.64. The van der Waals surface area contributed by atoms with Crippen LogP contribution in [0.4, 0.5) is 0 Å². The van der Waals surface area contributed by atoms with Crippen molar-refractivity contribution in [2.45, 2.75) is 114 Å². The van der Waals surface area contributed by atoms with Crippen LogP contribution < -0.4 is 0 Å². The van der Waals surface area contributed by atoms with E-state index in [-0.39, 0.29) is 0 Å². The maximum absolute atomic E-state index is 2.30. The highest BCUT2D eigenvalue weighted by Crippen LogP contribution is 2.33. The van der Waals surface area contributed by atoms with E-state index in [0.717, 1.165) is 11.8 Å². The van der Waals surface area contributed by atoms with Crippen LogP contribution in [0, 0.1) is 17.3 Å². The van der Waals surface area contributed by atoms with Gasteiger partial charge in [0.05, 0.1) is 0 Å². The number of hydrogen-bond acceptors (Lipinski definition) is 0. The molecule has 0 saturated carbocycles. The van der Waals surface area contributed by atoms with E-state index in [1.165, 1.54) is 44.9 Å². The Morgan fingerprint density at radius 3 is 0.800 bits per heavy atom. The van der Waals surface area contributed by atoms with Crippen LogP contribution in [0.25, 0.3) is 0 Å². The van der Waals surface area contributed by atoms with E-state index in [1.54, 1.807) is 0 Å². The van der Waals surface area contributed by atoms with Gasteiger partial charge in [-0.05, 0) is 17.3 Å². The quantitative estimate of drug-likeness (QED) is 0.443. The highest BCUT2D eigenvalue weighted by molar-refractivity contribution is 4.72. The third-order valence-electron chi connectivity index (χ3n) is 5.21. The van der Waals surface area contributed by atoms with Crippen molar-refractivity contribution in [2.75, 3.05) is 0 Å². The van der Waals surface area contributed by atoms with E-state index in [0.29, 0.717) is 5.41 Å². The van der Waals surface area contributed by atoms with Crippen LogP contribution in [0.1, 0.15) is 114 Å². The van der Waals surface area contributed by atoms with Crippen molar-refractivity contribution >= 4 is 0 Å². The molecule has 0 heteroatoms. The van der Waals surface area contributed by atoms with E-state index in [9.17, 15) is 0 Å². The zero-order valence-corrected chi connectivity index (χ0v) is 16.6. The number of hydrogen-bond donors (Lipinski definition) is 0. The van der Waals surface area contributed by atoms with Crippen molar-refractivity contribution in [3.8, 4) is 0 Å². The van der Waals surface area contributed by atoms with E-state index in [2.05, 4.69) is 69.2 Å². The minimum atomic E-state index is 0.667. The van der Waals surface area contributed by atoms with Crippen LogP contribution in [0.15, 0.2) is 0 Å². The summed E-state index contributed by atoms with van der Waals surface area (Å²) in [6.45, 7) is 22.6. The molecule has 0 fully saturated rings. The average molecular weight is 287 g/mol. The average Bonchev–Trinajstić information content (AvgIpc) is 2.50. The largest absolute Gasteiger partial charge is 0.0651 e. The predicted octanol–water partition coefficient (Wildman–Crippen LogP) is 8.11. The van der Waals surface area contributed by atoms with Crippen molar-refractivity contribution in [1.29, 1.82) is 0 Å². The fourth-order valence-electron chi connectivity index (χ4n) is 1.79. The van der Waals surface area contributed by atoms with Gasteiger partial charge in [-0.1, -0.05) is 114 Å². The van der Waals surface area contributed by atoms with Gasteiger partial charge in [0.1, 0.15) is 0 Å². The Bertz CT molecular complexity index is 132. The Labute approximate surface area is 132 Å². The first-order valence-electron chi connectivity index (χ1n) is 9.32. The lowest BCUT2D eigenvalue weighted by molar-refractivity contribution is 0.240. The molecule has 126 valence electrons. The Morgan fingerprint density at radius 1 is 0.550 bits per heavy atom. The molecule has 20 heavy (non-hydrogen) atoms. The van der Waals surface area contributed by atoms with E-state index < -0.39 is 0 Å². The molecule has 0 heterocycles. The van der Waals surface area contributed by atoms with Crippen molar-refractivity contribution in [2.24, 2.45) is 17.3 Å². The summed E-state index contributed by atoms with van der Waals surface area (Å²) in [7, 11) is 0. The lowest BCUT2D eigenvalue weighted by Crippen LogP contribution is -2.15. The molecule has 0 rings (SSSR count). The summed E-state index contributed by atoms with van der Waals surface area (Å²) in [6.07, 6.45) is 9.34. The lowest BCUT2D eigenvalue weighted by atomic mass is 9.78. The highest BCUT2D eigenvalue weighted by atomic mass is 14.3. The molecule has 0 aromatic carbocycles. The molecule has 0 aliphatic rings. The van der Waals surface area contributed by atoms with Gasteiger partial charge in [0.15, 0.2) is 0 Å². The van der Waals surface area contributed by atoms with Gasteiger partial charge >= 0.3 is 0 Å². The Balaban J connectivity index is -0.000000230. The smallest absolute Gasteiger partial charge is 0.0308 e. The van der Waals surface area contributed by atoms with Gasteiger partial charge in [-0.15, -0.1) is 0 Å². The van der Waals surface area contributed by atoms with Crippen LogP contribution >= 0.6 is 0 Å². The van der Waals surface area contributed by atoms with Gasteiger partial charge in [-0.3, -0.25) is 0 Å². The minimum absolute atomic E-state index is 0.667. The monoisotopic (exact) mass is 286 g/mol. The Kier molecular flexibility index (Phi) is 21.3. The normalized spacial score (nSPS) is 10.8. The molecule has 0 N–H and O–H groups in total. The first kappa shape index (κ1) is 25.0. The molecule has 0 unspecified atom stereocenters. The first-order valence-corrected chi connectivity index (χ1v) is 9.32. The van der Waals surface area contributed by atoms with Gasteiger partial charge in [-0.25, -0.2) is 0 Å². The third-order valence-corrected chi connectivity index (χ3v) is 5.21. The molecule has 0 spiro atoms. The van der Waals surface area contributed by atoms with Gasteiger partial charge in [-0.2, -0.15) is 0 Å². The molecule has 0 aliphatic heterocycles. The molecular weight excluding hydrogens is 240 g/mol. The van der Waals surface area contributed by atoms with Gasteiger partial charge in [0, 0.05) is 0 Å². The molecule has 0 aliphatic carbocycles. The zero-order valence-electron chi connectivity index (χ0n) is 16.6. The SMILES string of the molecule is CCC(C)C.CCC(C)CC.CCC(CC)(CC)CC. The molecule has 0 radical (unpaired) electrons. The zero-order chi connectivity index (χ0) is 16.6. The summed E-state index contributed by atoms with van der Waals surface area (Å²) in [6, 6.07) is 0. The summed E-state index contributed by atoms with van der Waals surface area (Å²) in [4.78, 5) is 0. The fourth-order valence-corrected chi connectivity index (χ4v) is 1.79. The molecule has 0 nitrogen and oxygen atoms in total. The van der Waals surface area contributed by atoms with Crippen LogP contribution in [-0.2, 0) is 0 Å². The number of rotatable bonds is 7. The second kappa shape index (κ2) is 17.1. The minimum Gasteiger partial charge on any atom is -0.0651 e. The molecule has 0 amide bonds. The van der Waals surface area contributed by atoms with Crippen LogP contribution in [0.5, 0.6) is 0 Å². The van der Waals surface area contributed by atoms with Crippen molar-refractivity contribution in [1.82, 2.24) is 0 Å². The fraction of sp³-hybridized carbons (Fsp3) is 1.00. The maximum atomic E-state index is 2.30. The molecule has 0 saturated heterocycles. The maximum Gasteiger partial charge on any atom is -0.0308 e. The van der Waals surface area contributed by atoms with Crippen molar-refractivity contribution in [3.63, 3.8) is 0 Å². The lowest BCUT2D eigenvalue weighted by Gasteiger charge is -2.28. The predicted molar refractivity (Wildman–Crippen MR) is 98.5 cm³/mol. The third kappa shape index (κ3) is 16.1. The van der Waals surface area contributed by atoms with Gasteiger partial charge in [0.25, 0.3) is 0 Å². The molecular formula is C20H46. The van der Waals surface area contributed by atoms with E-state index in [1.807, 2.05) is 0 Å². The Morgan fingerprint density at radius 2 is 0.800 bits per heavy atom. The molecule has 0 atom stereocenters. The summed E-state index contributed by atoms with van der Waals surface area (Å²) in [5.41, 5.74) is 0.667. The topological polar surface area (TPSA) is 0 Å². The van der Waals surface area contributed by atoms with Crippen LogP contribution in [0.2, 0.25) is 0 Å². The van der Waals surface area contributed by atoms with Crippen LogP contribution in [-0.4, -0.2) is 0 Å². The molecule has 0 bridgehead atoms. The summed E-state index contributed by atoms with van der Waals surface area (Å²) in [5.74, 6) is 1.82. The highest BCUT2D eigenvalue weighted by Gasteiger charge is 2.20. The summed E-state index contributed by atoms with van der Waals surface area (Å²) >= 11 is 0. The second-order valence-corrected chi connectivity index (χ2v) is 6.64. The van der Waals surface area contributed by atoms with Crippen LogP contribution in [0.3, 0.4) is 0 Å². The van der Waals surface area contributed by atoms with E-state index >= 15 is 0 Å². The summed E-state index contributed by atoms with van der Waals surface area (Å²) in [5, 5.41) is 0. The van der Waals surface area contributed by atoms with E-state index in [4.69, 9.17) is 0 Å². The molecule has 0 aromatic rings. The Hall–Kier alpha value is 0. The van der Waals surface area contributed by atoms with Gasteiger partial charge in [0.2, 0.25) is 0 Å². The standard InChI is InChI=1S/C9H20.C6H14.C5H12/c1-5-9(6-2,7-3)8-4;1-4-6(3)5-2;1-4-5(2)3/h5-8H2,1-4H3;6H,4-5H2,1-3H3;5H,4H2,1-3H3. The van der Waals surface area contributed by atoms with Crippen molar-refractivity contribution < 1.29 is 0 Å². The first-order chi connectivity index (χ1) is 9.32.